The van der Waals surface area contributed by atoms with E-state index in [1.165, 1.54) is 23.5 Å². The number of alkyl halides is 3. The maximum atomic E-state index is 12.4. The van der Waals surface area contributed by atoms with Gasteiger partial charge in [-0.25, -0.2) is 4.98 Å². The zero-order valence-electron chi connectivity index (χ0n) is 10.8. The predicted octanol–water partition coefficient (Wildman–Crippen LogP) is 4.60. The number of nitrogens with zero attached hydrogens (tertiary/aromatic N) is 1. The summed E-state index contributed by atoms with van der Waals surface area (Å²) in [5.74, 6) is 0. The summed E-state index contributed by atoms with van der Waals surface area (Å²) in [7, 11) is 0. The number of anilines is 2. The summed E-state index contributed by atoms with van der Waals surface area (Å²) in [5.41, 5.74) is 0.993. The maximum Gasteiger partial charge on any atom is 0.416 e. The summed E-state index contributed by atoms with van der Waals surface area (Å²) in [4.78, 5) is 5.01. The molecule has 0 atom stereocenters. The monoisotopic (exact) mass is 299 g/mol. The van der Waals surface area contributed by atoms with Gasteiger partial charge < -0.3 is 10.7 Å². The Bertz CT molecular complexity index is 629. The van der Waals surface area contributed by atoms with Gasteiger partial charge in [0, 0.05) is 11.4 Å². The first-order valence-electron chi connectivity index (χ1n) is 5.74. The zero-order valence-corrected chi connectivity index (χ0v) is 11.6. The van der Waals surface area contributed by atoms with Gasteiger partial charge in [-0.1, -0.05) is 11.3 Å². The number of thiazole rings is 1. The highest BCUT2D eigenvalue weighted by molar-refractivity contribution is 7.17. The Morgan fingerprint density at radius 2 is 1.85 bits per heavy atom. The molecule has 0 amide bonds. The minimum absolute atomic E-state index is 0.417. The van der Waals surface area contributed by atoms with E-state index in [-0.39, 0.29) is 0 Å². The summed E-state index contributed by atoms with van der Waals surface area (Å²) >= 11 is 1.30. The number of aromatic nitrogens is 1. The largest absolute Gasteiger partial charge is 0.416 e. The molecule has 0 aliphatic rings. The van der Waals surface area contributed by atoms with E-state index in [9.17, 15) is 13.2 Å². The average molecular weight is 299 g/mol. The van der Waals surface area contributed by atoms with Crippen LogP contribution >= 0.6 is 11.3 Å². The van der Waals surface area contributed by atoms with Crippen LogP contribution in [0.15, 0.2) is 24.3 Å². The molecule has 0 aliphatic heterocycles. The smallest absolute Gasteiger partial charge is 0.332 e. The Hall–Kier alpha value is -1.89. The van der Waals surface area contributed by atoms with Gasteiger partial charge in [-0.3, -0.25) is 0 Å². The lowest BCUT2D eigenvalue weighted by Crippen LogP contribution is -2.04. The molecule has 7 heteroatoms. The molecule has 1 aromatic carbocycles. The van der Waals surface area contributed by atoms with E-state index in [0.717, 1.165) is 22.7 Å². The number of halogens is 3. The van der Waals surface area contributed by atoms with E-state index >= 15 is 0 Å². The first-order chi connectivity index (χ1) is 9.27. The molecule has 106 valence electrons. The van der Waals surface area contributed by atoms with Gasteiger partial charge in [-0.05, 0) is 38.1 Å². The Balaban J connectivity index is 2.18. The third-order valence-electron chi connectivity index (χ3n) is 2.60. The highest BCUT2D eigenvalue weighted by Crippen LogP contribution is 2.31. The van der Waals surface area contributed by atoms with Gasteiger partial charge in [0.2, 0.25) is 0 Å². The predicted molar refractivity (Wildman–Crippen MR) is 74.1 cm³/mol. The van der Waals surface area contributed by atoms with E-state index in [0.29, 0.717) is 16.5 Å². The molecule has 2 rings (SSSR count). The molecule has 2 N–H and O–H groups in total. The van der Waals surface area contributed by atoms with Crippen LogP contribution in [-0.4, -0.2) is 10.7 Å². The second kappa shape index (κ2) is 5.24. The Labute approximate surface area is 118 Å². The van der Waals surface area contributed by atoms with Gasteiger partial charge in [0.15, 0.2) is 5.13 Å². The first-order valence-corrected chi connectivity index (χ1v) is 6.56. The van der Waals surface area contributed by atoms with Crippen molar-refractivity contribution in [1.82, 2.24) is 4.98 Å². The minimum atomic E-state index is -4.33. The topological polar surface area (TPSA) is 48.8 Å². The van der Waals surface area contributed by atoms with Crippen molar-refractivity contribution in [2.75, 3.05) is 5.32 Å². The van der Waals surface area contributed by atoms with Crippen LogP contribution in [0.4, 0.5) is 24.0 Å². The molecular formula is C13H12F3N3S. The molecule has 0 saturated heterocycles. The molecular weight excluding hydrogens is 287 g/mol. The molecule has 20 heavy (non-hydrogen) atoms. The standard InChI is InChI=1S/C13H12F3N3S/c1-7(17)11-8(2)18-12(20-11)19-10-5-3-9(4-6-10)13(14,15)16/h3-6,17H,1-2H3,(H,18,19). The van der Waals surface area contributed by atoms with E-state index in [4.69, 9.17) is 5.41 Å². The lowest BCUT2D eigenvalue weighted by Gasteiger charge is -2.07. The van der Waals surface area contributed by atoms with Crippen molar-refractivity contribution >= 4 is 27.9 Å². The van der Waals surface area contributed by atoms with Crippen molar-refractivity contribution in [3.63, 3.8) is 0 Å². The number of aryl methyl sites for hydroxylation is 1. The van der Waals surface area contributed by atoms with Gasteiger partial charge in [0.05, 0.1) is 16.1 Å². The van der Waals surface area contributed by atoms with Crippen molar-refractivity contribution in [3.8, 4) is 0 Å². The Kier molecular flexibility index (Phi) is 3.80. The number of rotatable bonds is 3. The highest BCUT2D eigenvalue weighted by Gasteiger charge is 2.29. The Morgan fingerprint density at radius 1 is 1.25 bits per heavy atom. The van der Waals surface area contributed by atoms with Crippen LogP contribution in [0.1, 0.15) is 23.1 Å². The summed E-state index contributed by atoms with van der Waals surface area (Å²) in [6.07, 6.45) is -4.33. The molecule has 0 saturated carbocycles. The first kappa shape index (κ1) is 14.5. The minimum Gasteiger partial charge on any atom is -0.332 e. The normalized spacial score (nSPS) is 11.4. The molecule has 1 aromatic heterocycles. The number of nitrogens with one attached hydrogen (secondary N) is 2. The molecule has 2 aromatic rings. The summed E-state index contributed by atoms with van der Waals surface area (Å²) in [6.45, 7) is 3.46. The van der Waals surface area contributed by atoms with Crippen molar-refractivity contribution in [2.45, 2.75) is 20.0 Å². The molecule has 0 fully saturated rings. The van der Waals surface area contributed by atoms with Gasteiger partial charge >= 0.3 is 6.18 Å². The molecule has 0 radical (unpaired) electrons. The van der Waals surface area contributed by atoms with Crippen LogP contribution in [0.3, 0.4) is 0 Å². The number of benzene rings is 1. The van der Waals surface area contributed by atoms with Crippen LogP contribution in [0, 0.1) is 12.3 Å². The zero-order chi connectivity index (χ0) is 14.9. The van der Waals surface area contributed by atoms with Gasteiger partial charge in [0.25, 0.3) is 0 Å². The fourth-order valence-electron chi connectivity index (χ4n) is 1.66. The third kappa shape index (κ3) is 3.16. The average Bonchev–Trinajstić information content (AvgIpc) is 2.70. The van der Waals surface area contributed by atoms with E-state index in [1.54, 1.807) is 13.8 Å². The van der Waals surface area contributed by atoms with Crippen molar-refractivity contribution < 1.29 is 13.2 Å². The molecule has 0 unspecified atom stereocenters. The fraction of sp³-hybridized carbons (Fsp3) is 0.231. The lowest BCUT2D eigenvalue weighted by molar-refractivity contribution is -0.137. The van der Waals surface area contributed by atoms with E-state index in [1.807, 2.05) is 0 Å². The summed E-state index contributed by atoms with van der Waals surface area (Å²) in [5, 5.41) is 11.1. The Morgan fingerprint density at radius 3 is 2.30 bits per heavy atom. The van der Waals surface area contributed by atoms with E-state index in [2.05, 4.69) is 10.3 Å². The van der Waals surface area contributed by atoms with Crippen LogP contribution in [0.2, 0.25) is 0 Å². The quantitative estimate of drug-likeness (QED) is 0.814. The molecule has 1 heterocycles. The van der Waals surface area contributed by atoms with Crippen molar-refractivity contribution in [2.24, 2.45) is 0 Å². The molecule has 0 spiro atoms. The van der Waals surface area contributed by atoms with Gasteiger partial charge in [-0.2, -0.15) is 13.2 Å². The van der Waals surface area contributed by atoms with Crippen molar-refractivity contribution in [1.29, 1.82) is 5.41 Å². The second-order valence-electron chi connectivity index (χ2n) is 4.26. The maximum absolute atomic E-state index is 12.4. The molecule has 3 nitrogen and oxygen atoms in total. The van der Waals surface area contributed by atoms with Crippen molar-refractivity contribution in [3.05, 3.63) is 40.4 Å². The number of hydrogen-bond donors (Lipinski definition) is 2. The number of hydrogen-bond acceptors (Lipinski definition) is 4. The van der Waals surface area contributed by atoms with Crippen LogP contribution in [0.25, 0.3) is 0 Å². The molecule has 0 bridgehead atoms. The second-order valence-corrected chi connectivity index (χ2v) is 5.26. The van der Waals surface area contributed by atoms with Gasteiger partial charge in [-0.15, -0.1) is 0 Å². The fourth-order valence-corrected chi connectivity index (χ4v) is 2.56. The van der Waals surface area contributed by atoms with E-state index < -0.39 is 11.7 Å². The van der Waals surface area contributed by atoms with Crippen LogP contribution in [-0.2, 0) is 6.18 Å². The third-order valence-corrected chi connectivity index (χ3v) is 3.79. The lowest BCUT2D eigenvalue weighted by atomic mass is 10.2. The molecule has 0 aliphatic carbocycles. The summed E-state index contributed by atoms with van der Waals surface area (Å²) < 4.78 is 37.3. The summed E-state index contributed by atoms with van der Waals surface area (Å²) in [6, 6.07) is 4.75. The van der Waals surface area contributed by atoms with Crippen LogP contribution in [0.5, 0.6) is 0 Å². The van der Waals surface area contributed by atoms with Gasteiger partial charge in [0.1, 0.15) is 0 Å². The van der Waals surface area contributed by atoms with Crippen LogP contribution < -0.4 is 5.32 Å². The SMILES string of the molecule is CC(=N)c1sc(Nc2ccc(C(F)(F)F)cc2)nc1C. The highest BCUT2D eigenvalue weighted by atomic mass is 32.1.